The highest BCUT2D eigenvalue weighted by Crippen LogP contribution is 2.39. The summed E-state index contributed by atoms with van der Waals surface area (Å²) in [5.74, 6) is 0.536. The highest BCUT2D eigenvalue weighted by molar-refractivity contribution is 4.82. The Bertz CT molecular complexity index is 126. The molecule has 0 saturated carbocycles. The van der Waals surface area contributed by atoms with Crippen LogP contribution in [0.2, 0.25) is 0 Å². The molecule has 0 aromatic heterocycles. The molecule has 86 valence electrons. The van der Waals surface area contributed by atoms with E-state index < -0.39 is 0 Å². The molecule has 0 spiro atoms. The van der Waals surface area contributed by atoms with Crippen LogP contribution in [-0.4, -0.2) is 23.4 Å². The number of aliphatic hydroxyl groups excluding tert-OH is 2. The molecule has 0 saturated heterocycles. The molecule has 0 aromatic carbocycles. The van der Waals surface area contributed by atoms with Crippen molar-refractivity contribution < 1.29 is 10.2 Å². The fraction of sp³-hybridized carbons (Fsp3) is 1.00. The predicted molar refractivity (Wildman–Crippen MR) is 60.2 cm³/mol. The maximum absolute atomic E-state index is 9.10. The van der Waals surface area contributed by atoms with E-state index in [4.69, 9.17) is 10.2 Å². The molecule has 0 aliphatic heterocycles. The fourth-order valence-corrected chi connectivity index (χ4v) is 2.22. The van der Waals surface area contributed by atoms with Gasteiger partial charge in [0.25, 0.3) is 0 Å². The second-order valence-corrected chi connectivity index (χ2v) is 4.57. The van der Waals surface area contributed by atoms with Crippen LogP contribution in [-0.2, 0) is 0 Å². The van der Waals surface area contributed by atoms with Crippen LogP contribution in [0.25, 0.3) is 0 Å². The first kappa shape index (κ1) is 13.9. The minimum atomic E-state index is 0.152. The summed E-state index contributed by atoms with van der Waals surface area (Å²) in [6.45, 7) is 7.05. The van der Waals surface area contributed by atoms with Crippen molar-refractivity contribution in [1.82, 2.24) is 0 Å². The summed E-state index contributed by atoms with van der Waals surface area (Å²) in [7, 11) is 0. The normalized spacial score (nSPS) is 12.4. The molecule has 2 nitrogen and oxygen atoms in total. The van der Waals surface area contributed by atoms with Gasteiger partial charge in [-0.2, -0.15) is 0 Å². The number of hydrogen-bond acceptors (Lipinski definition) is 2. The Morgan fingerprint density at radius 1 is 1.00 bits per heavy atom. The van der Waals surface area contributed by atoms with E-state index in [0.29, 0.717) is 5.92 Å². The number of rotatable bonds is 8. The lowest BCUT2D eigenvalue weighted by molar-refractivity contribution is 0.0749. The largest absolute Gasteiger partial charge is 0.396 e. The lowest BCUT2D eigenvalue weighted by Crippen LogP contribution is -2.30. The van der Waals surface area contributed by atoms with Gasteiger partial charge < -0.3 is 10.2 Å². The van der Waals surface area contributed by atoms with Crippen molar-refractivity contribution in [3.05, 3.63) is 0 Å². The Morgan fingerprint density at radius 3 is 1.79 bits per heavy atom. The minimum absolute atomic E-state index is 0.152. The van der Waals surface area contributed by atoms with Crippen LogP contribution >= 0.6 is 0 Å². The maximum Gasteiger partial charge on any atom is 0.0436 e. The van der Waals surface area contributed by atoms with Crippen molar-refractivity contribution in [2.24, 2.45) is 11.3 Å². The molecule has 0 aliphatic rings. The zero-order valence-corrected chi connectivity index (χ0v) is 9.92. The summed E-state index contributed by atoms with van der Waals surface area (Å²) in [5, 5.41) is 18.2. The summed E-state index contributed by atoms with van der Waals surface area (Å²) in [4.78, 5) is 0. The average molecular weight is 202 g/mol. The zero-order valence-electron chi connectivity index (χ0n) is 9.92. The molecule has 0 unspecified atom stereocenters. The third-order valence-corrected chi connectivity index (χ3v) is 3.47. The van der Waals surface area contributed by atoms with Gasteiger partial charge in [-0.3, -0.25) is 0 Å². The highest BCUT2D eigenvalue weighted by Gasteiger charge is 2.31. The molecule has 0 rings (SSSR count). The molecule has 0 radical (unpaired) electrons. The van der Waals surface area contributed by atoms with Crippen molar-refractivity contribution in [3.63, 3.8) is 0 Å². The summed E-state index contributed by atoms with van der Waals surface area (Å²) in [6, 6.07) is 0. The molecule has 0 bridgehead atoms. The topological polar surface area (TPSA) is 40.5 Å². The first-order valence-electron chi connectivity index (χ1n) is 5.84. The van der Waals surface area contributed by atoms with Gasteiger partial charge in [-0.15, -0.1) is 0 Å². The van der Waals surface area contributed by atoms with Crippen molar-refractivity contribution in [1.29, 1.82) is 0 Å². The molecular formula is C12H26O2. The summed E-state index contributed by atoms with van der Waals surface area (Å²) < 4.78 is 0. The van der Waals surface area contributed by atoms with E-state index in [0.717, 1.165) is 19.3 Å². The Hall–Kier alpha value is -0.0800. The van der Waals surface area contributed by atoms with Gasteiger partial charge in [0.1, 0.15) is 0 Å². The van der Waals surface area contributed by atoms with Gasteiger partial charge in [0.05, 0.1) is 0 Å². The van der Waals surface area contributed by atoms with Crippen LogP contribution in [0.4, 0.5) is 0 Å². The van der Waals surface area contributed by atoms with E-state index in [2.05, 4.69) is 20.8 Å². The van der Waals surface area contributed by atoms with Crippen LogP contribution < -0.4 is 0 Å². The first-order chi connectivity index (χ1) is 6.63. The second kappa shape index (κ2) is 7.24. The Kier molecular flexibility index (Phi) is 7.20. The maximum atomic E-state index is 9.10. The molecule has 0 fully saturated rings. The van der Waals surface area contributed by atoms with Crippen molar-refractivity contribution >= 4 is 0 Å². The average Bonchev–Trinajstić information content (AvgIpc) is 2.14. The van der Waals surface area contributed by atoms with Crippen molar-refractivity contribution in [3.8, 4) is 0 Å². The smallest absolute Gasteiger partial charge is 0.0436 e. The van der Waals surface area contributed by atoms with Gasteiger partial charge in [0.15, 0.2) is 0 Å². The summed E-state index contributed by atoms with van der Waals surface area (Å²) in [5.41, 5.74) is 0.152. The van der Waals surface area contributed by atoms with E-state index in [1.54, 1.807) is 0 Å². The van der Waals surface area contributed by atoms with E-state index in [1.165, 1.54) is 12.8 Å². The Morgan fingerprint density at radius 2 is 1.50 bits per heavy atom. The van der Waals surface area contributed by atoms with Gasteiger partial charge >= 0.3 is 0 Å². The summed E-state index contributed by atoms with van der Waals surface area (Å²) >= 11 is 0. The highest BCUT2D eigenvalue weighted by atomic mass is 16.3. The van der Waals surface area contributed by atoms with Crippen LogP contribution in [0.1, 0.15) is 52.9 Å². The van der Waals surface area contributed by atoms with E-state index in [-0.39, 0.29) is 18.6 Å². The minimum Gasteiger partial charge on any atom is -0.396 e. The molecule has 0 atom stereocenters. The molecule has 2 heteroatoms. The molecule has 0 amide bonds. The van der Waals surface area contributed by atoms with Gasteiger partial charge in [-0.25, -0.2) is 0 Å². The zero-order chi connectivity index (χ0) is 11.0. The van der Waals surface area contributed by atoms with Gasteiger partial charge in [-0.1, -0.05) is 33.6 Å². The van der Waals surface area contributed by atoms with Crippen LogP contribution in [0.15, 0.2) is 0 Å². The number of aliphatic hydroxyl groups is 2. The second-order valence-electron chi connectivity index (χ2n) is 4.57. The fourth-order valence-electron chi connectivity index (χ4n) is 2.22. The molecule has 2 N–H and O–H groups in total. The first-order valence-corrected chi connectivity index (χ1v) is 5.84. The quantitative estimate of drug-likeness (QED) is 0.635. The van der Waals surface area contributed by atoms with Gasteiger partial charge in [0, 0.05) is 13.2 Å². The van der Waals surface area contributed by atoms with E-state index in [9.17, 15) is 0 Å². The van der Waals surface area contributed by atoms with Crippen molar-refractivity contribution in [2.75, 3.05) is 13.2 Å². The van der Waals surface area contributed by atoms with Crippen molar-refractivity contribution in [2.45, 2.75) is 52.9 Å². The van der Waals surface area contributed by atoms with Crippen LogP contribution in [0.3, 0.4) is 0 Å². The Balaban J connectivity index is 4.38. The van der Waals surface area contributed by atoms with E-state index in [1.807, 2.05) is 0 Å². The third-order valence-electron chi connectivity index (χ3n) is 3.47. The van der Waals surface area contributed by atoms with Crippen LogP contribution in [0, 0.1) is 11.3 Å². The molecule has 0 aromatic rings. The van der Waals surface area contributed by atoms with Gasteiger partial charge in [0.2, 0.25) is 0 Å². The van der Waals surface area contributed by atoms with Gasteiger partial charge in [-0.05, 0) is 30.6 Å². The SMILES string of the molecule is CCCCC(CCO)(CCO)C(C)C. The molecule has 0 heterocycles. The third kappa shape index (κ3) is 3.97. The molecule has 14 heavy (non-hydrogen) atoms. The molecular weight excluding hydrogens is 176 g/mol. The lowest BCUT2D eigenvalue weighted by atomic mass is 9.69. The van der Waals surface area contributed by atoms with Crippen LogP contribution in [0.5, 0.6) is 0 Å². The van der Waals surface area contributed by atoms with E-state index >= 15 is 0 Å². The molecule has 0 aliphatic carbocycles. The number of unbranched alkanes of at least 4 members (excludes halogenated alkanes) is 1. The Labute approximate surface area is 88.3 Å². The lowest BCUT2D eigenvalue weighted by Gasteiger charge is -2.37. The number of hydrogen-bond donors (Lipinski definition) is 2. The summed E-state index contributed by atoms with van der Waals surface area (Å²) in [6.07, 6.45) is 5.16. The standard InChI is InChI=1S/C12H26O2/c1-4-5-6-12(7-9-13,8-10-14)11(2)3/h11,13-14H,4-10H2,1-3H3. The predicted octanol–water partition coefficient (Wildman–Crippen LogP) is 2.58. The monoisotopic (exact) mass is 202 g/mol.